The van der Waals surface area contributed by atoms with Crippen LogP contribution in [0.1, 0.15) is 37.8 Å². The van der Waals surface area contributed by atoms with E-state index < -0.39 is 0 Å². The average Bonchev–Trinajstić information content (AvgIpc) is 3.25. The van der Waals surface area contributed by atoms with Crippen LogP contribution in [0.4, 0.5) is 0 Å². The van der Waals surface area contributed by atoms with Gasteiger partial charge in [-0.05, 0) is 37.5 Å². The Hall–Kier alpha value is -1.59. The van der Waals surface area contributed by atoms with Crippen LogP contribution in [-0.2, 0) is 11.8 Å². The minimum atomic E-state index is 0.327. The molecule has 1 aliphatic rings. The molecule has 1 atom stereocenters. The summed E-state index contributed by atoms with van der Waals surface area (Å²) in [5.74, 6) is 0.918. The second kappa shape index (κ2) is 6.67. The van der Waals surface area contributed by atoms with Crippen molar-refractivity contribution in [3.05, 3.63) is 23.9 Å². The quantitative estimate of drug-likeness (QED) is 0.762. The molecule has 5 heteroatoms. The lowest BCUT2D eigenvalue weighted by atomic mass is 10.1. The fourth-order valence-corrected chi connectivity index (χ4v) is 2.69. The summed E-state index contributed by atoms with van der Waals surface area (Å²) < 4.78 is 13.0. The number of aryl methyl sites for hydroxylation is 1. The first-order chi connectivity index (χ1) is 10.7. The third kappa shape index (κ3) is 3.42. The second-order valence-corrected chi connectivity index (χ2v) is 6.08. The molecular formula is C17H25N3O2. The number of rotatable bonds is 8. The SMILES string of the molecule is COCCCOc1cc(C(C)NC2CC2)cc2c1cnn2C. The van der Waals surface area contributed by atoms with Crippen molar-refractivity contribution in [1.29, 1.82) is 0 Å². The van der Waals surface area contributed by atoms with E-state index >= 15 is 0 Å². The highest BCUT2D eigenvalue weighted by atomic mass is 16.5. The Morgan fingerprint density at radius 1 is 1.36 bits per heavy atom. The summed E-state index contributed by atoms with van der Waals surface area (Å²) in [4.78, 5) is 0. The Kier molecular flexibility index (Phi) is 4.64. The van der Waals surface area contributed by atoms with Crippen molar-refractivity contribution in [3.63, 3.8) is 0 Å². The first-order valence-corrected chi connectivity index (χ1v) is 8.02. The first kappa shape index (κ1) is 15.3. The fourth-order valence-electron chi connectivity index (χ4n) is 2.69. The van der Waals surface area contributed by atoms with Crippen LogP contribution in [0.3, 0.4) is 0 Å². The van der Waals surface area contributed by atoms with Crippen LogP contribution in [0.2, 0.25) is 0 Å². The zero-order chi connectivity index (χ0) is 15.5. The van der Waals surface area contributed by atoms with Crippen LogP contribution < -0.4 is 10.1 Å². The summed E-state index contributed by atoms with van der Waals surface area (Å²) in [6, 6.07) is 5.37. The molecule has 2 aromatic rings. The second-order valence-electron chi connectivity index (χ2n) is 6.08. The van der Waals surface area contributed by atoms with Gasteiger partial charge in [0, 0.05) is 39.3 Å². The lowest BCUT2D eigenvalue weighted by Crippen LogP contribution is -2.20. The molecule has 120 valence electrons. The van der Waals surface area contributed by atoms with Gasteiger partial charge in [0.15, 0.2) is 0 Å². The van der Waals surface area contributed by atoms with E-state index in [0.717, 1.165) is 29.7 Å². The predicted octanol–water partition coefficient (Wildman–Crippen LogP) is 2.80. The minimum absolute atomic E-state index is 0.327. The number of methoxy groups -OCH3 is 1. The Morgan fingerprint density at radius 3 is 2.91 bits per heavy atom. The van der Waals surface area contributed by atoms with Crippen molar-refractivity contribution in [1.82, 2.24) is 15.1 Å². The molecule has 0 radical (unpaired) electrons. The van der Waals surface area contributed by atoms with Crippen LogP contribution in [0, 0.1) is 0 Å². The summed E-state index contributed by atoms with van der Waals surface area (Å²) in [7, 11) is 3.69. The normalized spacial score (nSPS) is 16.1. The molecule has 1 N–H and O–H groups in total. The molecule has 22 heavy (non-hydrogen) atoms. The van der Waals surface area contributed by atoms with Crippen molar-refractivity contribution in [2.24, 2.45) is 7.05 Å². The van der Waals surface area contributed by atoms with Crippen LogP contribution in [0.5, 0.6) is 5.75 Å². The summed E-state index contributed by atoms with van der Waals surface area (Å²) in [5.41, 5.74) is 2.37. The molecule has 1 fully saturated rings. The van der Waals surface area contributed by atoms with E-state index in [1.807, 2.05) is 17.9 Å². The number of fused-ring (bicyclic) bond motifs is 1. The highest BCUT2D eigenvalue weighted by Gasteiger charge is 2.24. The van der Waals surface area contributed by atoms with Crippen molar-refractivity contribution in [2.75, 3.05) is 20.3 Å². The molecule has 1 aromatic heterocycles. The van der Waals surface area contributed by atoms with E-state index in [4.69, 9.17) is 9.47 Å². The largest absolute Gasteiger partial charge is 0.493 e. The molecule has 3 rings (SSSR count). The van der Waals surface area contributed by atoms with Gasteiger partial charge in [-0.3, -0.25) is 4.68 Å². The molecule has 5 nitrogen and oxygen atoms in total. The Labute approximate surface area is 131 Å². The molecule has 1 saturated carbocycles. The van der Waals surface area contributed by atoms with Crippen molar-refractivity contribution in [3.8, 4) is 5.75 Å². The van der Waals surface area contributed by atoms with Gasteiger partial charge in [0.25, 0.3) is 0 Å². The van der Waals surface area contributed by atoms with Gasteiger partial charge >= 0.3 is 0 Å². The van der Waals surface area contributed by atoms with Crippen molar-refractivity contribution >= 4 is 10.9 Å². The average molecular weight is 303 g/mol. The van der Waals surface area contributed by atoms with E-state index in [1.54, 1.807) is 7.11 Å². The molecule has 0 amide bonds. The number of nitrogens with zero attached hydrogens (tertiary/aromatic N) is 2. The van der Waals surface area contributed by atoms with Crippen LogP contribution >= 0.6 is 0 Å². The number of ether oxygens (including phenoxy) is 2. The molecular weight excluding hydrogens is 278 g/mol. The maximum absolute atomic E-state index is 5.99. The summed E-state index contributed by atoms with van der Waals surface area (Å²) in [6.07, 6.45) is 5.35. The van der Waals surface area contributed by atoms with Gasteiger partial charge in [0.1, 0.15) is 5.75 Å². The summed E-state index contributed by atoms with van der Waals surface area (Å²) >= 11 is 0. The molecule has 1 unspecified atom stereocenters. The Bertz CT molecular complexity index is 634. The molecule has 1 aliphatic carbocycles. The summed E-state index contributed by atoms with van der Waals surface area (Å²) in [5, 5.41) is 9.08. The number of benzene rings is 1. The molecule has 0 spiro atoms. The van der Waals surface area contributed by atoms with E-state index in [-0.39, 0.29) is 0 Å². The third-order valence-electron chi connectivity index (χ3n) is 4.16. The maximum atomic E-state index is 5.99. The van der Waals surface area contributed by atoms with Gasteiger partial charge in [-0.2, -0.15) is 5.10 Å². The molecule has 1 aromatic carbocycles. The molecule has 0 aliphatic heterocycles. The fraction of sp³-hybridized carbons (Fsp3) is 0.588. The third-order valence-corrected chi connectivity index (χ3v) is 4.16. The van der Waals surface area contributed by atoms with E-state index in [2.05, 4.69) is 29.5 Å². The standard InChI is InChI=1S/C17H25N3O2/c1-12(19-14-5-6-14)13-9-16-15(11-18-20(16)2)17(10-13)22-8-4-7-21-3/h9-12,14,19H,4-8H2,1-3H3. The van der Waals surface area contributed by atoms with Gasteiger partial charge < -0.3 is 14.8 Å². The zero-order valence-corrected chi connectivity index (χ0v) is 13.6. The van der Waals surface area contributed by atoms with Crippen LogP contribution in [0.25, 0.3) is 10.9 Å². The van der Waals surface area contributed by atoms with Gasteiger partial charge in [-0.25, -0.2) is 0 Å². The Morgan fingerprint density at radius 2 is 2.18 bits per heavy atom. The number of hydrogen-bond donors (Lipinski definition) is 1. The monoisotopic (exact) mass is 303 g/mol. The number of hydrogen-bond acceptors (Lipinski definition) is 4. The number of aromatic nitrogens is 2. The highest BCUT2D eigenvalue weighted by molar-refractivity contribution is 5.86. The minimum Gasteiger partial charge on any atom is -0.493 e. The maximum Gasteiger partial charge on any atom is 0.130 e. The van der Waals surface area contributed by atoms with Crippen LogP contribution in [-0.4, -0.2) is 36.1 Å². The summed E-state index contributed by atoms with van der Waals surface area (Å²) in [6.45, 7) is 3.59. The van der Waals surface area contributed by atoms with E-state index in [9.17, 15) is 0 Å². The predicted molar refractivity (Wildman–Crippen MR) is 87.3 cm³/mol. The van der Waals surface area contributed by atoms with Gasteiger partial charge in [0.05, 0.1) is 23.7 Å². The molecule has 0 bridgehead atoms. The Balaban J connectivity index is 1.83. The first-order valence-electron chi connectivity index (χ1n) is 8.02. The molecule has 0 saturated heterocycles. The van der Waals surface area contributed by atoms with Crippen molar-refractivity contribution in [2.45, 2.75) is 38.3 Å². The molecule has 1 heterocycles. The van der Waals surface area contributed by atoms with Gasteiger partial charge in [-0.1, -0.05) is 0 Å². The van der Waals surface area contributed by atoms with Crippen LogP contribution in [0.15, 0.2) is 18.3 Å². The topological polar surface area (TPSA) is 48.3 Å². The number of nitrogens with one attached hydrogen (secondary N) is 1. The zero-order valence-electron chi connectivity index (χ0n) is 13.6. The van der Waals surface area contributed by atoms with Gasteiger partial charge in [-0.15, -0.1) is 0 Å². The lowest BCUT2D eigenvalue weighted by Gasteiger charge is -2.16. The van der Waals surface area contributed by atoms with Crippen molar-refractivity contribution < 1.29 is 9.47 Å². The lowest BCUT2D eigenvalue weighted by molar-refractivity contribution is 0.172. The smallest absolute Gasteiger partial charge is 0.130 e. The van der Waals surface area contributed by atoms with E-state index in [0.29, 0.717) is 18.7 Å². The highest BCUT2D eigenvalue weighted by Crippen LogP contribution is 2.31. The van der Waals surface area contributed by atoms with Gasteiger partial charge in [0.2, 0.25) is 0 Å². The van der Waals surface area contributed by atoms with E-state index in [1.165, 1.54) is 18.4 Å².